The van der Waals surface area contributed by atoms with Gasteiger partial charge in [-0.25, -0.2) is 4.98 Å². The van der Waals surface area contributed by atoms with Gasteiger partial charge in [-0.1, -0.05) is 0 Å². The molecule has 3 heterocycles. The van der Waals surface area contributed by atoms with E-state index in [-0.39, 0.29) is 5.56 Å². The van der Waals surface area contributed by atoms with E-state index in [9.17, 15) is 4.79 Å². The number of hydrogen-bond donors (Lipinski definition) is 3. The molecule has 1 aromatic carbocycles. The lowest BCUT2D eigenvalue weighted by molar-refractivity contribution is 0.241. The molecule has 2 aromatic heterocycles. The summed E-state index contributed by atoms with van der Waals surface area (Å²) in [7, 11) is 0. The largest absolute Gasteiger partial charge is 0.399 e. The summed E-state index contributed by atoms with van der Waals surface area (Å²) in [4.78, 5) is 22.5. The lowest BCUT2D eigenvalue weighted by Gasteiger charge is -2.27. The Kier molecular flexibility index (Phi) is 4.08. The van der Waals surface area contributed by atoms with E-state index in [1.165, 1.54) is 5.56 Å². The molecule has 0 radical (unpaired) electrons. The Hall–Kier alpha value is -2.93. The van der Waals surface area contributed by atoms with E-state index in [1.54, 1.807) is 0 Å². The molecule has 134 valence electrons. The molecule has 0 saturated heterocycles. The zero-order chi connectivity index (χ0) is 18.3. The Morgan fingerprint density at radius 3 is 2.69 bits per heavy atom. The van der Waals surface area contributed by atoms with Crippen LogP contribution in [-0.2, 0) is 19.5 Å². The molecule has 0 aliphatic carbocycles. The van der Waals surface area contributed by atoms with E-state index in [1.807, 2.05) is 38.1 Å². The highest BCUT2D eigenvalue weighted by Crippen LogP contribution is 2.21. The van der Waals surface area contributed by atoms with Gasteiger partial charge in [-0.15, -0.1) is 0 Å². The van der Waals surface area contributed by atoms with Gasteiger partial charge >= 0.3 is 0 Å². The number of aromatic amines is 2. The lowest BCUT2D eigenvalue weighted by Crippen LogP contribution is -2.35. The standard InChI is InChI=1S/C19H22N6O/c1-11-15(12(2)24-23-11)9-25-8-7-17-16(10-25)19(26)22-18(21-17)13-3-5-14(20)6-4-13/h3-6H,7-10,20H2,1-2H3,(H,23,24)(H,21,22,26). The summed E-state index contributed by atoms with van der Waals surface area (Å²) in [5.74, 6) is 0.601. The molecule has 1 aliphatic heterocycles. The van der Waals surface area contributed by atoms with Crippen molar-refractivity contribution >= 4 is 5.69 Å². The summed E-state index contributed by atoms with van der Waals surface area (Å²) in [5, 5.41) is 7.27. The van der Waals surface area contributed by atoms with E-state index in [2.05, 4.69) is 20.1 Å². The molecule has 0 spiro atoms. The van der Waals surface area contributed by atoms with Gasteiger partial charge in [-0.05, 0) is 38.1 Å². The Morgan fingerprint density at radius 2 is 2.00 bits per heavy atom. The fraction of sp³-hybridized carbons (Fsp3) is 0.316. The van der Waals surface area contributed by atoms with Crippen molar-refractivity contribution in [1.29, 1.82) is 0 Å². The van der Waals surface area contributed by atoms with Crippen molar-refractivity contribution in [2.45, 2.75) is 33.4 Å². The first-order valence-corrected chi connectivity index (χ1v) is 8.72. The van der Waals surface area contributed by atoms with Crippen molar-refractivity contribution < 1.29 is 0 Å². The van der Waals surface area contributed by atoms with Gasteiger partial charge in [0.1, 0.15) is 5.82 Å². The third-order valence-corrected chi connectivity index (χ3v) is 4.99. The molecule has 4 rings (SSSR count). The summed E-state index contributed by atoms with van der Waals surface area (Å²) < 4.78 is 0. The van der Waals surface area contributed by atoms with Crippen LogP contribution in [0.3, 0.4) is 0 Å². The highest BCUT2D eigenvalue weighted by Gasteiger charge is 2.23. The van der Waals surface area contributed by atoms with Crippen LogP contribution in [0, 0.1) is 13.8 Å². The van der Waals surface area contributed by atoms with Crippen LogP contribution in [-0.4, -0.2) is 31.6 Å². The van der Waals surface area contributed by atoms with Gasteiger partial charge in [0.05, 0.1) is 17.0 Å². The Morgan fingerprint density at radius 1 is 1.23 bits per heavy atom. The number of fused-ring (bicyclic) bond motifs is 1. The number of hydrogen-bond acceptors (Lipinski definition) is 5. The predicted octanol–water partition coefficient (Wildman–Crippen LogP) is 1.92. The zero-order valence-corrected chi connectivity index (χ0v) is 15.0. The van der Waals surface area contributed by atoms with Crippen molar-refractivity contribution in [3.63, 3.8) is 0 Å². The first kappa shape index (κ1) is 16.5. The summed E-state index contributed by atoms with van der Waals surface area (Å²) in [6.45, 7) is 6.29. The van der Waals surface area contributed by atoms with Crippen LogP contribution < -0.4 is 11.3 Å². The van der Waals surface area contributed by atoms with E-state index in [0.717, 1.165) is 47.7 Å². The zero-order valence-electron chi connectivity index (χ0n) is 15.0. The second kappa shape index (κ2) is 6.42. The van der Waals surface area contributed by atoms with Gasteiger partial charge in [-0.3, -0.25) is 14.8 Å². The maximum atomic E-state index is 12.6. The number of nitrogens with one attached hydrogen (secondary N) is 2. The van der Waals surface area contributed by atoms with E-state index in [0.29, 0.717) is 18.1 Å². The SMILES string of the molecule is Cc1n[nH]c(C)c1CN1CCc2nc(-c3ccc(N)cc3)[nH]c(=O)c2C1. The Bertz CT molecular complexity index is 982. The smallest absolute Gasteiger partial charge is 0.255 e. The fourth-order valence-electron chi connectivity index (χ4n) is 3.42. The van der Waals surface area contributed by atoms with Crippen LogP contribution >= 0.6 is 0 Å². The second-order valence-electron chi connectivity index (χ2n) is 6.84. The van der Waals surface area contributed by atoms with Crippen LogP contribution in [0.2, 0.25) is 0 Å². The second-order valence-corrected chi connectivity index (χ2v) is 6.84. The highest BCUT2D eigenvalue weighted by atomic mass is 16.1. The molecule has 3 aromatic rings. The predicted molar refractivity (Wildman–Crippen MR) is 101 cm³/mol. The van der Waals surface area contributed by atoms with Gasteiger partial charge in [0, 0.05) is 48.6 Å². The summed E-state index contributed by atoms with van der Waals surface area (Å²) in [6, 6.07) is 7.37. The maximum Gasteiger partial charge on any atom is 0.255 e. The number of benzene rings is 1. The van der Waals surface area contributed by atoms with E-state index >= 15 is 0 Å². The number of nitrogen functional groups attached to an aromatic ring is 1. The third-order valence-electron chi connectivity index (χ3n) is 4.99. The summed E-state index contributed by atoms with van der Waals surface area (Å²) in [5.41, 5.74) is 12.2. The maximum absolute atomic E-state index is 12.6. The molecule has 7 nitrogen and oxygen atoms in total. The van der Waals surface area contributed by atoms with Gasteiger partial charge in [0.15, 0.2) is 0 Å². The normalized spacial score (nSPS) is 14.4. The number of H-pyrrole nitrogens is 2. The minimum atomic E-state index is -0.0628. The molecular weight excluding hydrogens is 328 g/mol. The van der Waals surface area contributed by atoms with Crippen molar-refractivity contribution in [2.24, 2.45) is 0 Å². The fourth-order valence-corrected chi connectivity index (χ4v) is 3.42. The molecule has 0 unspecified atom stereocenters. The Balaban J connectivity index is 1.60. The van der Waals surface area contributed by atoms with Gasteiger partial charge in [0.2, 0.25) is 0 Å². The number of nitrogens with zero attached hydrogens (tertiary/aromatic N) is 3. The first-order chi connectivity index (χ1) is 12.5. The average molecular weight is 350 g/mol. The third kappa shape index (κ3) is 3.01. The van der Waals surface area contributed by atoms with Crippen molar-refractivity contribution in [2.75, 3.05) is 12.3 Å². The molecule has 0 amide bonds. The number of aromatic nitrogens is 4. The van der Waals surface area contributed by atoms with Crippen molar-refractivity contribution in [1.82, 2.24) is 25.1 Å². The number of anilines is 1. The van der Waals surface area contributed by atoms with Crippen LogP contribution in [0.25, 0.3) is 11.4 Å². The molecular formula is C19H22N6O. The van der Waals surface area contributed by atoms with Crippen molar-refractivity contribution in [3.05, 3.63) is 62.8 Å². The molecule has 4 N–H and O–H groups in total. The minimum absolute atomic E-state index is 0.0628. The van der Waals surface area contributed by atoms with Crippen LogP contribution in [0.15, 0.2) is 29.1 Å². The van der Waals surface area contributed by atoms with Gasteiger partial charge in [0.25, 0.3) is 5.56 Å². The monoisotopic (exact) mass is 350 g/mol. The number of rotatable bonds is 3. The molecule has 7 heteroatoms. The summed E-state index contributed by atoms with van der Waals surface area (Å²) >= 11 is 0. The molecule has 0 bridgehead atoms. The molecule has 0 atom stereocenters. The van der Waals surface area contributed by atoms with Crippen molar-refractivity contribution in [3.8, 4) is 11.4 Å². The average Bonchev–Trinajstić information content (AvgIpc) is 2.94. The van der Waals surface area contributed by atoms with Crippen LogP contribution in [0.4, 0.5) is 5.69 Å². The highest BCUT2D eigenvalue weighted by molar-refractivity contribution is 5.58. The Labute approximate surface area is 151 Å². The van der Waals surface area contributed by atoms with E-state index in [4.69, 9.17) is 10.7 Å². The topological polar surface area (TPSA) is 104 Å². The van der Waals surface area contributed by atoms with Crippen LogP contribution in [0.5, 0.6) is 0 Å². The minimum Gasteiger partial charge on any atom is -0.399 e. The van der Waals surface area contributed by atoms with Gasteiger partial charge < -0.3 is 10.7 Å². The quantitative estimate of drug-likeness (QED) is 0.626. The molecule has 26 heavy (non-hydrogen) atoms. The first-order valence-electron chi connectivity index (χ1n) is 8.72. The molecule has 0 saturated carbocycles. The van der Waals surface area contributed by atoms with E-state index < -0.39 is 0 Å². The number of nitrogens with two attached hydrogens (primary N) is 1. The number of aryl methyl sites for hydroxylation is 2. The van der Waals surface area contributed by atoms with Gasteiger partial charge in [-0.2, -0.15) is 5.10 Å². The molecule has 1 aliphatic rings. The lowest BCUT2D eigenvalue weighted by atomic mass is 10.0. The summed E-state index contributed by atoms with van der Waals surface area (Å²) in [6.07, 6.45) is 0.761. The molecule has 0 fully saturated rings. The van der Waals surface area contributed by atoms with Crippen LogP contribution in [0.1, 0.15) is 28.2 Å².